The zero-order chi connectivity index (χ0) is 12.8. The number of methoxy groups -OCH3 is 2. The monoisotopic (exact) mass is 240 g/mol. The number of carbonyl (C=O) groups is 1. The molecule has 1 unspecified atom stereocenters. The second-order valence-electron chi connectivity index (χ2n) is 3.51. The second kappa shape index (κ2) is 5.93. The molecule has 0 spiro atoms. The van der Waals surface area contributed by atoms with Crippen LogP contribution < -0.4 is 15.2 Å². The van der Waals surface area contributed by atoms with Crippen molar-refractivity contribution in [2.75, 3.05) is 20.8 Å². The molecule has 1 heterocycles. The molecule has 2 N–H and O–H groups in total. The van der Waals surface area contributed by atoms with Crippen LogP contribution in [0.5, 0.6) is 11.6 Å². The van der Waals surface area contributed by atoms with Crippen LogP contribution >= 0.6 is 0 Å². The molecule has 0 bridgehead atoms. The maximum absolute atomic E-state index is 10.5. The predicted molar refractivity (Wildman–Crippen MR) is 61.3 cm³/mol. The van der Waals surface area contributed by atoms with E-state index in [1.807, 2.05) is 6.92 Å². The van der Waals surface area contributed by atoms with Crippen LogP contribution in [0.4, 0.5) is 4.79 Å². The molecule has 6 nitrogen and oxygen atoms in total. The van der Waals surface area contributed by atoms with E-state index in [9.17, 15) is 4.79 Å². The Morgan fingerprint density at radius 3 is 2.65 bits per heavy atom. The van der Waals surface area contributed by atoms with E-state index in [4.69, 9.17) is 19.9 Å². The standard InChI is InChI=1S/C11H16N2O4/c1-7(6-17-11(12)14)9-4-8(15-2)5-10(13-9)16-3/h4-5,7H,6H2,1-3H3,(H2,12,14). The Labute approximate surface area is 99.7 Å². The van der Waals surface area contributed by atoms with Gasteiger partial charge in [0.15, 0.2) is 0 Å². The highest BCUT2D eigenvalue weighted by Gasteiger charge is 2.12. The van der Waals surface area contributed by atoms with Gasteiger partial charge in [-0.25, -0.2) is 9.78 Å². The number of ether oxygens (including phenoxy) is 3. The fourth-order valence-electron chi connectivity index (χ4n) is 1.27. The van der Waals surface area contributed by atoms with Gasteiger partial charge in [-0.1, -0.05) is 6.92 Å². The number of carbonyl (C=O) groups excluding carboxylic acids is 1. The molecule has 1 aromatic rings. The van der Waals surface area contributed by atoms with E-state index in [1.165, 1.54) is 7.11 Å². The molecule has 6 heteroatoms. The zero-order valence-electron chi connectivity index (χ0n) is 10.1. The van der Waals surface area contributed by atoms with E-state index in [-0.39, 0.29) is 12.5 Å². The minimum Gasteiger partial charge on any atom is -0.496 e. The van der Waals surface area contributed by atoms with Crippen LogP contribution in [0.1, 0.15) is 18.5 Å². The minimum absolute atomic E-state index is 0.0912. The van der Waals surface area contributed by atoms with Crippen molar-refractivity contribution in [3.05, 3.63) is 17.8 Å². The van der Waals surface area contributed by atoms with Gasteiger partial charge in [-0.05, 0) is 0 Å². The first kappa shape index (κ1) is 13.1. The lowest BCUT2D eigenvalue weighted by molar-refractivity contribution is 0.150. The third-order valence-electron chi connectivity index (χ3n) is 2.22. The maximum Gasteiger partial charge on any atom is 0.404 e. The highest BCUT2D eigenvalue weighted by Crippen LogP contribution is 2.23. The van der Waals surface area contributed by atoms with Gasteiger partial charge in [-0.3, -0.25) is 0 Å². The van der Waals surface area contributed by atoms with Crippen molar-refractivity contribution in [2.45, 2.75) is 12.8 Å². The summed E-state index contributed by atoms with van der Waals surface area (Å²) in [6.07, 6.45) is -0.799. The number of hydrogen-bond donors (Lipinski definition) is 1. The molecule has 1 aromatic heterocycles. The molecule has 1 amide bonds. The summed E-state index contributed by atoms with van der Waals surface area (Å²) < 4.78 is 14.9. The largest absolute Gasteiger partial charge is 0.496 e. The van der Waals surface area contributed by atoms with Gasteiger partial charge in [0.2, 0.25) is 5.88 Å². The van der Waals surface area contributed by atoms with E-state index >= 15 is 0 Å². The van der Waals surface area contributed by atoms with Crippen LogP contribution in [0.2, 0.25) is 0 Å². The summed E-state index contributed by atoms with van der Waals surface area (Å²) in [5.41, 5.74) is 5.61. The number of rotatable bonds is 5. The van der Waals surface area contributed by atoms with Crippen LogP contribution in [0.15, 0.2) is 12.1 Å². The molecule has 0 fully saturated rings. The van der Waals surface area contributed by atoms with Crippen molar-refractivity contribution in [1.82, 2.24) is 4.98 Å². The van der Waals surface area contributed by atoms with Crippen LogP contribution in [-0.2, 0) is 4.74 Å². The molecule has 0 aliphatic carbocycles. The molecule has 0 aromatic carbocycles. The predicted octanol–water partition coefficient (Wildman–Crippen LogP) is 1.30. The molecule has 17 heavy (non-hydrogen) atoms. The van der Waals surface area contributed by atoms with Crippen LogP contribution in [-0.4, -0.2) is 31.9 Å². The Kier molecular flexibility index (Phi) is 4.56. The molecule has 0 radical (unpaired) electrons. The van der Waals surface area contributed by atoms with Crippen LogP contribution in [0, 0.1) is 0 Å². The first-order chi connectivity index (χ1) is 8.06. The summed E-state index contributed by atoms with van der Waals surface area (Å²) in [5.74, 6) is 0.995. The summed E-state index contributed by atoms with van der Waals surface area (Å²) in [4.78, 5) is 14.8. The van der Waals surface area contributed by atoms with Crippen molar-refractivity contribution in [3.63, 3.8) is 0 Å². The molecule has 0 aliphatic heterocycles. The molecule has 0 saturated heterocycles. The lowest BCUT2D eigenvalue weighted by Crippen LogP contribution is -2.17. The fraction of sp³-hybridized carbons (Fsp3) is 0.455. The normalized spacial score (nSPS) is 11.7. The third-order valence-corrected chi connectivity index (χ3v) is 2.22. The molecule has 0 aliphatic rings. The minimum atomic E-state index is -0.799. The summed E-state index contributed by atoms with van der Waals surface area (Å²) in [6, 6.07) is 3.43. The van der Waals surface area contributed by atoms with Gasteiger partial charge in [0.05, 0.1) is 19.9 Å². The Bertz CT molecular complexity index is 373. The SMILES string of the molecule is COc1cc(OC)nc(C(C)COC(N)=O)c1. The second-order valence-corrected chi connectivity index (χ2v) is 3.51. The van der Waals surface area contributed by atoms with Crippen molar-refractivity contribution in [1.29, 1.82) is 0 Å². The Morgan fingerprint density at radius 1 is 1.41 bits per heavy atom. The van der Waals surface area contributed by atoms with E-state index in [1.54, 1.807) is 19.2 Å². The van der Waals surface area contributed by atoms with Gasteiger partial charge in [0, 0.05) is 18.1 Å². The summed E-state index contributed by atoms with van der Waals surface area (Å²) in [6.45, 7) is 2.03. The number of aromatic nitrogens is 1. The van der Waals surface area contributed by atoms with E-state index in [2.05, 4.69) is 4.98 Å². The maximum atomic E-state index is 10.5. The van der Waals surface area contributed by atoms with Gasteiger partial charge in [-0.15, -0.1) is 0 Å². The van der Waals surface area contributed by atoms with E-state index < -0.39 is 6.09 Å². The third kappa shape index (κ3) is 3.82. The molecule has 1 atom stereocenters. The van der Waals surface area contributed by atoms with Gasteiger partial charge in [0.1, 0.15) is 12.4 Å². The number of primary amides is 1. The molecular weight excluding hydrogens is 224 g/mol. The summed E-state index contributed by atoms with van der Waals surface area (Å²) in [7, 11) is 3.08. The summed E-state index contributed by atoms with van der Waals surface area (Å²) in [5, 5.41) is 0. The smallest absolute Gasteiger partial charge is 0.404 e. The van der Waals surface area contributed by atoms with Crippen molar-refractivity contribution < 1.29 is 19.0 Å². The highest BCUT2D eigenvalue weighted by molar-refractivity contribution is 5.64. The quantitative estimate of drug-likeness (QED) is 0.838. The first-order valence-corrected chi connectivity index (χ1v) is 5.09. The topological polar surface area (TPSA) is 83.7 Å². The number of nitrogens with two attached hydrogens (primary N) is 1. The number of hydrogen-bond acceptors (Lipinski definition) is 5. The average molecular weight is 240 g/mol. The van der Waals surface area contributed by atoms with Crippen molar-refractivity contribution in [2.24, 2.45) is 5.73 Å². The van der Waals surface area contributed by atoms with Crippen LogP contribution in [0.25, 0.3) is 0 Å². The highest BCUT2D eigenvalue weighted by atomic mass is 16.5. The van der Waals surface area contributed by atoms with Gasteiger partial charge in [0.25, 0.3) is 0 Å². The Hall–Kier alpha value is -1.98. The molecule has 0 saturated carbocycles. The Morgan fingerprint density at radius 2 is 2.12 bits per heavy atom. The fourth-order valence-corrected chi connectivity index (χ4v) is 1.27. The lowest BCUT2D eigenvalue weighted by Gasteiger charge is -2.13. The molecular formula is C11H16N2O4. The molecule has 1 rings (SSSR count). The zero-order valence-corrected chi connectivity index (χ0v) is 10.1. The van der Waals surface area contributed by atoms with Crippen LogP contribution in [0.3, 0.4) is 0 Å². The van der Waals surface area contributed by atoms with Gasteiger partial charge < -0.3 is 19.9 Å². The first-order valence-electron chi connectivity index (χ1n) is 5.09. The van der Waals surface area contributed by atoms with Crippen molar-refractivity contribution in [3.8, 4) is 11.6 Å². The van der Waals surface area contributed by atoms with E-state index in [0.717, 1.165) is 0 Å². The number of pyridine rings is 1. The van der Waals surface area contributed by atoms with E-state index in [0.29, 0.717) is 17.3 Å². The molecule has 94 valence electrons. The number of amides is 1. The van der Waals surface area contributed by atoms with Gasteiger partial charge in [-0.2, -0.15) is 0 Å². The van der Waals surface area contributed by atoms with Crippen molar-refractivity contribution >= 4 is 6.09 Å². The average Bonchev–Trinajstić information content (AvgIpc) is 2.34. The summed E-state index contributed by atoms with van der Waals surface area (Å²) >= 11 is 0. The Balaban J connectivity index is 2.84. The lowest BCUT2D eigenvalue weighted by atomic mass is 10.1. The van der Waals surface area contributed by atoms with Gasteiger partial charge >= 0.3 is 6.09 Å². The number of nitrogens with zero attached hydrogens (tertiary/aromatic N) is 1.